The Labute approximate surface area is 84.4 Å². The van der Waals surface area contributed by atoms with Crippen molar-refractivity contribution in [1.82, 2.24) is 0 Å². The van der Waals surface area contributed by atoms with Gasteiger partial charge in [-0.2, -0.15) is 0 Å². The number of esters is 1. The van der Waals surface area contributed by atoms with Gasteiger partial charge < -0.3 is 9.84 Å². The van der Waals surface area contributed by atoms with E-state index in [9.17, 15) is 9.90 Å². The van der Waals surface area contributed by atoms with E-state index in [1.165, 1.54) is 0 Å². The molecule has 1 aliphatic carbocycles. The lowest BCUT2D eigenvalue weighted by atomic mass is 9.61. The number of hydrogen-bond acceptors (Lipinski definition) is 3. The van der Waals surface area contributed by atoms with E-state index in [1.807, 2.05) is 6.92 Å². The molecule has 0 aromatic carbocycles. The van der Waals surface area contributed by atoms with Gasteiger partial charge in [0, 0.05) is 5.41 Å². The third-order valence-electron chi connectivity index (χ3n) is 3.49. The number of fused-ring (bicyclic) bond motifs is 1. The number of ether oxygens (including phenoxy) is 1. The maximum Gasteiger partial charge on any atom is 0.306 e. The summed E-state index contributed by atoms with van der Waals surface area (Å²) in [7, 11) is 0. The normalized spacial score (nSPS) is 45.9. The van der Waals surface area contributed by atoms with E-state index in [0.29, 0.717) is 6.42 Å². The fourth-order valence-electron chi connectivity index (χ4n) is 3.30. The van der Waals surface area contributed by atoms with Gasteiger partial charge in [0.25, 0.3) is 0 Å². The monoisotopic (exact) mass is 198 g/mol. The second-order valence-corrected chi connectivity index (χ2v) is 5.85. The van der Waals surface area contributed by atoms with E-state index in [4.69, 9.17) is 4.74 Å². The highest BCUT2D eigenvalue weighted by molar-refractivity contribution is 5.73. The largest absolute Gasteiger partial charge is 0.459 e. The molecule has 0 aromatic heterocycles. The maximum absolute atomic E-state index is 11.2. The topological polar surface area (TPSA) is 46.5 Å². The number of hydrogen-bond donors (Lipinski definition) is 1. The summed E-state index contributed by atoms with van der Waals surface area (Å²) in [6.07, 6.45) is 1.37. The van der Waals surface area contributed by atoms with Crippen molar-refractivity contribution in [3.05, 3.63) is 0 Å². The summed E-state index contributed by atoms with van der Waals surface area (Å²) < 4.78 is 5.18. The molecule has 1 aliphatic heterocycles. The van der Waals surface area contributed by atoms with E-state index in [-0.39, 0.29) is 22.9 Å². The molecule has 3 nitrogen and oxygen atoms in total. The van der Waals surface area contributed by atoms with Gasteiger partial charge >= 0.3 is 5.97 Å². The number of rotatable bonds is 0. The molecule has 0 unspecified atom stereocenters. The Morgan fingerprint density at radius 1 is 1.43 bits per heavy atom. The van der Waals surface area contributed by atoms with Crippen molar-refractivity contribution >= 4 is 5.97 Å². The highest BCUT2D eigenvalue weighted by atomic mass is 16.6. The Morgan fingerprint density at radius 2 is 2.07 bits per heavy atom. The zero-order valence-corrected chi connectivity index (χ0v) is 9.04. The Morgan fingerprint density at radius 3 is 2.71 bits per heavy atom. The lowest BCUT2D eigenvalue weighted by molar-refractivity contribution is -0.152. The Hall–Kier alpha value is -0.570. The average molecular weight is 198 g/mol. The molecule has 1 heterocycles. The standard InChI is InChI=1S/C11H18O3/c1-10(2)4-7(12)9-11(3,6-10)5-8(13)14-9/h7,9,12H,4-6H2,1-3H3/t7-,9+,11-/m1/s1. The molecule has 0 aromatic rings. The molecule has 0 amide bonds. The van der Waals surface area contributed by atoms with Gasteiger partial charge in [-0.1, -0.05) is 20.8 Å². The van der Waals surface area contributed by atoms with Crippen LogP contribution in [0.25, 0.3) is 0 Å². The van der Waals surface area contributed by atoms with Gasteiger partial charge in [-0.25, -0.2) is 0 Å². The van der Waals surface area contributed by atoms with Crippen molar-refractivity contribution in [2.45, 2.75) is 52.2 Å². The van der Waals surface area contributed by atoms with Crippen molar-refractivity contribution in [2.24, 2.45) is 10.8 Å². The van der Waals surface area contributed by atoms with E-state index < -0.39 is 6.10 Å². The van der Waals surface area contributed by atoms with Crippen LogP contribution in [0.1, 0.15) is 40.0 Å². The molecule has 3 atom stereocenters. The Bertz CT molecular complexity index is 272. The minimum atomic E-state index is -0.491. The molecule has 14 heavy (non-hydrogen) atoms. The lowest BCUT2D eigenvalue weighted by Gasteiger charge is -2.45. The van der Waals surface area contributed by atoms with Gasteiger partial charge in [0.15, 0.2) is 0 Å². The predicted molar refractivity (Wildman–Crippen MR) is 51.6 cm³/mol. The fourth-order valence-corrected chi connectivity index (χ4v) is 3.30. The van der Waals surface area contributed by atoms with Crippen LogP contribution in [0.2, 0.25) is 0 Å². The molecule has 2 rings (SSSR count). The number of carbonyl (C=O) groups excluding carboxylic acids is 1. The van der Waals surface area contributed by atoms with Crippen LogP contribution in [0.3, 0.4) is 0 Å². The van der Waals surface area contributed by atoms with Crippen LogP contribution < -0.4 is 0 Å². The first-order valence-electron chi connectivity index (χ1n) is 5.20. The molecular formula is C11H18O3. The van der Waals surface area contributed by atoms with Gasteiger partial charge in [-0.3, -0.25) is 4.79 Å². The highest BCUT2D eigenvalue weighted by Gasteiger charge is 2.55. The molecule has 0 bridgehead atoms. The van der Waals surface area contributed by atoms with Crippen molar-refractivity contribution < 1.29 is 14.6 Å². The number of carbonyl (C=O) groups is 1. The highest BCUT2D eigenvalue weighted by Crippen LogP contribution is 2.52. The molecule has 2 fully saturated rings. The van der Waals surface area contributed by atoms with Crippen molar-refractivity contribution in [3.63, 3.8) is 0 Å². The third kappa shape index (κ3) is 1.44. The first-order chi connectivity index (χ1) is 6.32. The molecule has 3 heteroatoms. The van der Waals surface area contributed by atoms with Gasteiger partial charge in [-0.15, -0.1) is 0 Å². The predicted octanol–water partition coefficient (Wildman–Crippen LogP) is 1.49. The third-order valence-corrected chi connectivity index (χ3v) is 3.49. The molecule has 0 radical (unpaired) electrons. The second kappa shape index (κ2) is 2.72. The minimum Gasteiger partial charge on any atom is -0.459 e. The first-order valence-corrected chi connectivity index (χ1v) is 5.20. The van der Waals surface area contributed by atoms with Gasteiger partial charge in [-0.05, 0) is 18.3 Å². The van der Waals surface area contributed by atoms with Crippen LogP contribution in [0.15, 0.2) is 0 Å². The van der Waals surface area contributed by atoms with E-state index in [2.05, 4.69) is 13.8 Å². The van der Waals surface area contributed by atoms with Crippen LogP contribution in [-0.4, -0.2) is 23.3 Å². The summed E-state index contributed by atoms with van der Waals surface area (Å²) in [5.74, 6) is -0.158. The van der Waals surface area contributed by atoms with Crippen LogP contribution >= 0.6 is 0 Å². The van der Waals surface area contributed by atoms with Crippen LogP contribution in [-0.2, 0) is 9.53 Å². The summed E-state index contributed by atoms with van der Waals surface area (Å²) in [5, 5.41) is 9.92. The quantitative estimate of drug-likeness (QED) is 0.600. The van der Waals surface area contributed by atoms with Crippen molar-refractivity contribution in [3.8, 4) is 0 Å². The molecule has 80 valence electrons. The lowest BCUT2D eigenvalue weighted by Crippen LogP contribution is -2.48. The molecular weight excluding hydrogens is 180 g/mol. The van der Waals surface area contributed by atoms with Crippen LogP contribution in [0.4, 0.5) is 0 Å². The van der Waals surface area contributed by atoms with E-state index in [0.717, 1.165) is 12.8 Å². The van der Waals surface area contributed by atoms with Crippen LogP contribution in [0.5, 0.6) is 0 Å². The minimum absolute atomic E-state index is 0.110. The molecule has 0 spiro atoms. The molecule has 1 saturated carbocycles. The van der Waals surface area contributed by atoms with Gasteiger partial charge in [0.05, 0.1) is 12.5 Å². The molecule has 2 aliphatic rings. The summed E-state index contributed by atoms with van der Waals surface area (Å²) in [6, 6.07) is 0. The van der Waals surface area contributed by atoms with Gasteiger partial charge in [0.2, 0.25) is 0 Å². The summed E-state index contributed by atoms with van der Waals surface area (Å²) in [6.45, 7) is 6.33. The van der Waals surface area contributed by atoms with Crippen molar-refractivity contribution in [1.29, 1.82) is 0 Å². The smallest absolute Gasteiger partial charge is 0.306 e. The first kappa shape index (κ1) is 9.97. The van der Waals surface area contributed by atoms with E-state index >= 15 is 0 Å². The summed E-state index contributed by atoms with van der Waals surface area (Å²) >= 11 is 0. The Kier molecular flexibility index (Phi) is 1.94. The Balaban J connectivity index is 2.27. The molecule has 1 saturated heterocycles. The maximum atomic E-state index is 11.2. The zero-order valence-electron chi connectivity index (χ0n) is 9.04. The van der Waals surface area contributed by atoms with Crippen molar-refractivity contribution in [2.75, 3.05) is 0 Å². The second-order valence-electron chi connectivity index (χ2n) is 5.85. The van der Waals surface area contributed by atoms with Gasteiger partial charge in [0.1, 0.15) is 6.10 Å². The SMILES string of the molecule is CC1(C)C[C@@H](O)[C@@H]2OC(=O)C[C@]2(C)C1. The van der Waals surface area contributed by atoms with Crippen LogP contribution in [0, 0.1) is 10.8 Å². The zero-order chi connectivity index (χ0) is 10.6. The summed E-state index contributed by atoms with van der Waals surface area (Å²) in [5.41, 5.74) is -0.0447. The van der Waals surface area contributed by atoms with E-state index in [1.54, 1.807) is 0 Å². The number of aliphatic hydroxyl groups is 1. The summed E-state index contributed by atoms with van der Waals surface area (Å²) in [4.78, 5) is 11.2. The molecule has 1 N–H and O–H groups in total. The average Bonchev–Trinajstić information content (AvgIpc) is 2.21. The number of aliphatic hydroxyl groups excluding tert-OH is 1. The fraction of sp³-hybridized carbons (Fsp3) is 0.909.